The van der Waals surface area contributed by atoms with Crippen molar-refractivity contribution in [3.63, 3.8) is 0 Å². The molecule has 0 unspecified atom stereocenters. The summed E-state index contributed by atoms with van der Waals surface area (Å²) in [6.07, 6.45) is 6.91. The Hall–Kier alpha value is -1.24. The molecule has 1 aliphatic rings. The lowest BCUT2D eigenvalue weighted by Crippen LogP contribution is -2.06. The second-order valence-electron chi connectivity index (χ2n) is 3.94. The first-order valence-corrected chi connectivity index (χ1v) is 5.29. The monoisotopic (exact) mass is 187 g/mol. The third-order valence-corrected chi connectivity index (χ3v) is 2.91. The third kappa shape index (κ3) is 1.67. The molecule has 1 aromatic rings. The average molecular weight is 187 g/mol. The highest BCUT2D eigenvalue weighted by Crippen LogP contribution is 2.26. The van der Waals surface area contributed by atoms with E-state index in [2.05, 4.69) is 43.4 Å². The molecule has 0 fully saturated rings. The van der Waals surface area contributed by atoms with Gasteiger partial charge in [-0.2, -0.15) is 0 Å². The first-order valence-electron chi connectivity index (χ1n) is 5.29. The fraction of sp³-hybridized carbons (Fsp3) is 0.385. The molecule has 0 bridgehead atoms. The lowest BCUT2D eigenvalue weighted by atomic mass is 10.0. The van der Waals surface area contributed by atoms with Gasteiger partial charge in [-0.25, -0.2) is 0 Å². The van der Waals surface area contributed by atoms with Crippen LogP contribution in [0.4, 0.5) is 5.69 Å². The Labute approximate surface area is 85.8 Å². The highest BCUT2D eigenvalue weighted by molar-refractivity contribution is 5.71. The van der Waals surface area contributed by atoms with E-state index in [9.17, 15) is 0 Å². The van der Waals surface area contributed by atoms with Gasteiger partial charge in [-0.05, 0) is 43.4 Å². The molecule has 2 rings (SSSR count). The van der Waals surface area contributed by atoms with Crippen LogP contribution in [0.5, 0.6) is 0 Å². The molecule has 0 saturated heterocycles. The number of nitrogens with one attached hydrogen (secondary N) is 1. The van der Waals surface area contributed by atoms with Crippen molar-refractivity contribution in [3.05, 3.63) is 34.9 Å². The van der Waals surface area contributed by atoms with E-state index in [1.54, 1.807) is 0 Å². The van der Waals surface area contributed by atoms with Crippen LogP contribution in [0.3, 0.4) is 0 Å². The topological polar surface area (TPSA) is 12.0 Å². The number of anilines is 1. The second kappa shape index (κ2) is 3.87. The smallest absolute Gasteiger partial charge is 0.0446 e. The summed E-state index contributed by atoms with van der Waals surface area (Å²) < 4.78 is 0. The number of fused-ring (bicyclic) bond motifs is 1. The normalized spacial score (nSPS) is 17.6. The molecule has 0 radical (unpaired) electrons. The molecule has 74 valence electrons. The van der Waals surface area contributed by atoms with Crippen molar-refractivity contribution in [3.8, 4) is 0 Å². The minimum absolute atomic E-state index is 1.08. The molecule has 0 amide bonds. The summed E-state index contributed by atoms with van der Waals surface area (Å²) in [5, 5.41) is 3.52. The number of aryl methyl sites for hydroxylation is 1. The van der Waals surface area contributed by atoms with Crippen molar-refractivity contribution in [2.45, 2.75) is 26.7 Å². The zero-order valence-corrected chi connectivity index (χ0v) is 8.93. The quantitative estimate of drug-likeness (QED) is 0.655. The Bertz CT molecular complexity index is 364. The lowest BCUT2D eigenvalue weighted by molar-refractivity contribution is 0.886. The number of hydrogen-bond donors (Lipinski definition) is 1. The summed E-state index contributed by atoms with van der Waals surface area (Å²) >= 11 is 0. The maximum Gasteiger partial charge on any atom is 0.0446 e. The van der Waals surface area contributed by atoms with Crippen LogP contribution >= 0.6 is 0 Å². The van der Waals surface area contributed by atoms with Gasteiger partial charge in [0.2, 0.25) is 0 Å². The van der Waals surface area contributed by atoms with E-state index in [1.807, 2.05) is 0 Å². The van der Waals surface area contributed by atoms with E-state index < -0.39 is 0 Å². The minimum atomic E-state index is 1.08. The summed E-state index contributed by atoms with van der Waals surface area (Å²) in [5.41, 5.74) is 5.40. The van der Waals surface area contributed by atoms with Gasteiger partial charge in [-0.15, -0.1) is 0 Å². The van der Waals surface area contributed by atoms with E-state index >= 15 is 0 Å². The van der Waals surface area contributed by atoms with Gasteiger partial charge in [0.05, 0.1) is 0 Å². The van der Waals surface area contributed by atoms with Crippen LogP contribution in [0, 0.1) is 13.8 Å². The summed E-state index contributed by atoms with van der Waals surface area (Å²) in [7, 11) is 0. The first kappa shape index (κ1) is 9.32. The fourth-order valence-corrected chi connectivity index (χ4v) is 1.85. The first-order chi connectivity index (χ1) is 6.79. The molecule has 0 aromatic heterocycles. The highest BCUT2D eigenvalue weighted by atomic mass is 14.9. The van der Waals surface area contributed by atoms with E-state index in [-0.39, 0.29) is 0 Å². The summed E-state index contributed by atoms with van der Waals surface area (Å²) in [6.45, 7) is 5.44. The van der Waals surface area contributed by atoms with Gasteiger partial charge >= 0.3 is 0 Å². The van der Waals surface area contributed by atoms with Crippen molar-refractivity contribution >= 4 is 11.8 Å². The molecule has 1 aromatic carbocycles. The summed E-state index contributed by atoms with van der Waals surface area (Å²) in [6, 6.07) is 4.40. The van der Waals surface area contributed by atoms with Gasteiger partial charge in [0.25, 0.3) is 0 Å². The van der Waals surface area contributed by atoms with E-state index in [0.29, 0.717) is 0 Å². The van der Waals surface area contributed by atoms with Crippen LogP contribution in [0.15, 0.2) is 18.2 Å². The minimum Gasteiger partial charge on any atom is -0.384 e. The Morgan fingerprint density at radius 2 is 2.07 bits per heavy atom. The maximum atomic E-state index is 3.52. The van der Waals surface area contributed by atoms with Crippen LogP contribution in [-0.2, 0) is 0 Å². The SMILES string of the molecule is Cc1ccc2c(c1C)NCCC/C=C/2. The van der Waals surface area contributed by atoms with E-state index in [0.717, 1.165) is 6.54 Å². The van der Waals surface area contributed by atoms with Crippen LogP contribution in [0.2, 0.25) is 0 Å². The molecular weight excluding hydrogens is 170 g/mol. The second-order valence-corrected chi connectivity index (χ2v) is 3.94. The van der Waals surface area contributed by atoms with Crippen LogP contribution in [0.1, 0.15) is 29.5 Å². The van der Waals surface area contributed by atoms with Crippen LogP contribution < -0.4 is 5.32 Å². The van der Waals surface area contributed by atoms with Crippen molar-refractivity contribution in [2.24, 2.45) is 0 Å². The predicted molar refractivity (Wildman–Crippen MR) is 62.7 cm³/mol. The molecular formula is C13H17N. The van der Waals surface area contributed by atoms with Crippen molar-refractivity contribution in [2.75, 3.05) is 11.9 Å². The maximum absolute atomic E-state index is 3.52. The van der Waals surface area contributed by atoms with Gasteiger partial charge in [0.15, 0.2) is 0 Å². The molecule has 1 heteroatoms. The zero-order valence-electron chi connectivity index (χ0n) is 8.93. The van der Waals surface area contributed by atoms with Gasteiger partial charge in [-0.1, -0.05) is 24.3 Å². The van der Waals surface area contributed by atoms with Gasteiger partial charge in [0.1, 0.15) is 0 Å². The Kier molecular flexibility index (Phi) is 2.58. The number of benzene rings is 1. The standard InChI is InChI=1S/C13H17N/c1-10-7-8-12-6-4-3-5-9-14-13(12)11(10)2/h4,6-8,14H,3,5,9H2,1-2H3/b6-4+. The van der Waals surface area contributed by atoms with Crippen molar-refractivity contribution in [1.29, 1.82) is 0 Å². The van der Waals surface area contributed by atoms with E-state index in [4.69, 9.17) is 0 Å². The zero-order chi connectivity index (χ0) is 9.97. The third-order valence-electron chi connectivity index (χ3n) is 2.91. The molecule has 0 atom stereocenters. The Morgan fingerprint density at radius 1 is 1.21 bits per heavy atom. The van der Waals surface area contributed by atoms with Crippen LogP contribution in [-0.4, -0.2) is 6.54 Å². The van der Waals surface area contributed by atoms with Crippen LogP contribution in [0.25, 0.3) is 6.08 Å². The van der Waals surface area contributed by atoms with Gasteiger partial charge < -0.3 is 5.32 Å². The Balaban J connectivity index is 2.50. The molecule has 1 N–H and O–H groups in total. The summed E-state index contributed by atoms with van der Waals surface area (Å²) in [5.74, 6) is 0. The Morgan fingerprint density at radius 3 is 2.93 bits per heavy atom. The molecule has 1 nitrogen and oxygen atoms in total. The molecule has 14 heavy (non-hydrogen) atoms. The van der Waals surface area contributed by atoms with Gasteiger partial charge in [-0.3, -0.25) is 0 Å². The number of rotatable bonds is 0. The van der Waals surface area contributed by atoms with Crippen molar-refractivity contribution in [1.82, 2.24) is 0 Å². The number of hydrogen-bond acceptors (Lipinski definition) is 1. The molecule has 1 heterocycles. The lowest BCUT2D eigenvalue weighted by Gasteiger charge is -2.16. The van der Waals surface area contributed by atoms with Gasteiger partial charge in [0, 0.05) is 12.2 Å². The molecule has 0 aliphatic carbocycles. The molecule has 1 aliphatic heterocycles. The largest absolute Gasteiger partial charge is 0.384 e. The summed E-state index contributed by atoms with van der Waals surface area (Å²) in [4.78, 5) is 0. The molecule has 0 spiro atoms. The van der Waals surface area contributed by atoms with Crippen molar-refractivity contribution < 1.29 is 0 Å². The average Bonchev–Trinajstić information content (AvgIpc) is 2.13. The molecule has 0 saturated carbocycles. The highest BCUT2D eigenvalue weighted by Gasteiger charge is 2.06. The number of allylic oxidation sites excluding steroid dienone is 1. The fourth-order valence-electron chi connectivity index (χ4n) is 1.85. The predicted octanol–water partition coefficient (Wildman–Crippen LogP) is 3.52. The van der Waals surface area contributed by atoms with E-state index in [1.165, 1.54) is 35.2 Å².